The summed E-state index contributed by atoms with van der Waals surface area (Å²) in [6.45, 7) is 7.23. The summed E-state index contributed by atoms with van der Waals surface area (Å²) in [7, 11) is 0. The minimum absolute atomic E-state index is 0.549. The van der Waals surface area contributed by atoms with Gasteiger partial charge in [0, 0.05) is 18.4 Å². The molecule has 0 unspecified atom stereocenters. The maximum absolute atomic E-state index is 8.65. The van der Waals surface area contributed by atoms with E-state index >= 15 is 0 Å². The molecule has 0 aromatic carbocycles. The molecule has 2 heteroatoms. The Morgan fingerprint density at radius 1 is 1.00 bits per heavy atom. The number of rotatable bonds is 4. The van der Waals surface area contributed by atoms with Gasteiger partial charge < -0.3 is 10.2 Å². The highest BCUT2D eigenvalue weighted by atomic mass is 16.5. The predicted molar refractivity (Wildman–Crippen MR) is 41.5 cm³/mol. The van der Waals surface area contributed by atoms with Crippen molar-refractivity contribution >= 4 is 0 Å². The van der Waals surface area contributed by atoms with E-state index in [1.54, 1.807) is 0 Å². The van der Waals surface area contributed by atoms with E-state index in [0.29, 0.717) is 31.3 Å². The number of hydrogen-bond donors (Lipinski definition) is 2. The summed E-state index contributed by atoms with van der Waals surface area (Å²) in [6.07, 6.45) is 2.69. The summed E-state index contributed by atoms with van der Waals surface area (Å²) in [5, 5.41) is 17.3. The van der Waals surface area contributed by atoms with Crippen molar-refractivity contribution in [1.29, 1.82) is 0 Å². The zero-order valence-corrected chi connectivity index (χ0v) is 6.14. The molecule has 10 heavy (non-hydrogen) atoms. The van der Waals surface area contributed by atoms with Gasteiger partial charge in [-0.1, -0.05) is 0 Å². The Morgan fingerprint density at radius 2 is 1.40 bits per heavy atom. The van der Waals surface area contributed by atoms with Gasteiger partial charge in [-0.3, -0.25) is 0 Å². The van der Waals surface area contributed by atoms with E-state index in [-0.39, 0.29) is 0 Å². The molecule has 0 aliphatic rings. The van der Waals surface area contributed by atoms with Crippen LogP contribution in [0.25, 0.3) is 0 Å². The van der Waals surface area contributed by atoms with E-state index in [2.05, 4.69) is 13.8 Å². The highest BCUT2D eigenvalue weighted by Crippen LogP contribution is 2.13. The minimum atomic E-state index is -0.549. The van der Waals surface area contributed by atoms with Crippen LogP contribution in [0, 0.1) is 13.8 Å². The first-order chi connectivity index (χ1) is 4.72. The topological polar surface area (TPSA) is 40.5 Å². The van der Waals surface area contributed by atoms with Gasteiger partial charge in [0.05, 0.1) is 26.7 Å². The lowest BCUT2D eigenvalue weighted by atomic mass is 10.1. The standard InChI is InChI=1S/C8H12O2/c1-3-5-7(6-4-2)8(9)10/h1-6H2/p+2. The lowest BCUT2D eigenvalue weighted by molar-refractivity contribution is 0.181. The molecule has 0 amide bonds. The molecule has 0 bridgehead atoms. The fourth-order valence-corrected chi connectivity index (χ4v) is 0.775. The van der Waals surface area contributed by atoms with Crippen molar-refractivity contribution in [3.63, 3.8) is 0 Å². The molecule has 0 rings (SSSR count). The number of aliphatic hydroxyl groups is 2. The van der Waals surface area contributed by atoms with Crippen LogP contribution in [0.15, 0.2) is 11.5 Å². The molecule has 0 radical (unpaired) electrons. The van der Waals surface area contributed by atoms with Gasteiger partial charge in [-0.15, -0.1) is 0 Å². The van der Waals surface area contributed by atoms with Gasteiger partial charge in [0.2, 0.25) is 0 Å². The lowest BCUT2D eigenvalue weighted by Gasteiger charge is -1.98. The normalized spacial score (nSPS) is 9.20. The van der Waals surface area contributed by atoms with E-state index in [1.165, 1.54) is 0 Å². The second-order valence-electron chi connectivity index (χ2n) is 2.13. The van der Waals surface area contributed by atoms with Gasteiger partial charge in [-0.25, -0.2) is 0 Å². The first kappa shape index (κ1) is 9.08. The fraction of sp³-hybridized carbons (Fsp3) is 0.500. The Bertz CT molecular complexity index is 104. The molecule has 0 saturated heterocycles. The third-order valence-corrected chi connectivity index (χ3v) is 1.27. The minimum Gasteiger partial charge on any atom is -0.481 e. The molecule has 0 spiro atoms. The molecule has 0 aromatic heterocycles. The smallest absolute Gasteiger partial charge is 0.273 e. The molecule has 0 aliphatic heterocycles. The maximum Gasteiger partial charge on any atom is 0.273 e. The van der Waals surface area contributed by atoms with Gasteiger partial charge >= 0.3 is 0 Å². The Labute approximate surface area is 62.2 Å². The van der Waals surface area contributed by atoms with Crippen LogP contribution in [0.3, 0.4) is 0 Å². The average molecular weight is 142 g/mol. The molecule has 0 saturated carbocycles. The van der Waals surface area contributed by atoms with Gasteiger partial charge in [-0.05, 0) is 0 Å². The molecule has 2 nitrogen and oxygen atoms in total. The van der Waals surface area contributed by atoms with Crippen LogP contribution < -0.4 is 0 Å². The summed E-state index contributed by atoms with van der Waals surface area (Å²) in [5.74, 6) is -0.549. The molecule has 2 N–H and O–H groups in total. The third kappa shape index (κ3) is 3.17. The molecule has 0 aromatic rings. The van der Waals surface area contributed by atoms with Crippen molar-refractivity contribution < 1.29 is 10.2 Å². The first-order valence-electron chi connectivity index (χ1n) is 3.40. The summed E-state index contributed by atoms with van der Waals surface area (Å²) < 4.78 is 0. The SMILES string of the molecule is [CH2+]CCC(CC[CH2+])=C(O)O. The fourth-order valence-electron chi connectivity index (χ4n) is 0.775. The highest BCUT2D eigenvalue weighted by Gasteiger charge is 2.04. The first-order valence-corrected chi connectivity index (χ1v) is 3.40. The largest absolute Gasteiger partial charge is 0.481 e. The molecule has 0 heterocycles. The monoisotopic (exact) mass is 142 g/mol. The van der Waals surface area contributed by atoms with E-state index in [4.69, 9.17) is 10.2 Å². The summed E-state index contributed by atoms with van der Waals surface area (Å²) >= 11 is 0. The Hall–Kier alpha value is -0.920. The molecule has 0 aliphatic carbocycles. The summed E-state index contributed by atoms with van der Waals surface area (Å²) in [6, 6.07) is 0. The Kier molecular flexibility index (Phi) is 4.46. The van der Waals surface area contributed by atoms with Crippen LogP contribution in [0.4, 0.5) is 0 Å². The second kappa shape index (κ2) is 4.91. The molecule has 56 valence electrons. The van der Waals surface area contributed by atoms with E-state index in [1.807, 2.05) is 0 Å². The third-order valence-electron chi connectivity index (χ3n) is 1.27. The maximum atomic E-state index is 8.65. The van der Waals surface area contributed by atoms with Crippen molar-refractivity contribution in [2.45, 2.75) is 25.7 Å². The second-order valence-corrected chi connectivity index (χ2v) is 2.13. The van der Waals surface area contributed by atoms with Crippen molar-refractivity contribution in [2.75, 3.05) is 0 Å². The highest BCUT2D eigenvalue weighted by molar-refractivity contribution is 5.01. The van der Waals surface area contributed by atoms with Crippen molar-refractivity contribution in [3.05, 3.63) is 25.4 Å². The molecule has 0 fully saturated rings. The zero-order chi connectivity index (χ0) is 7.98. The number of aliphatic hydroxyl groups excluding tert-OH is 1. The van der Waals surface area contributed by atoms with Crippen LogP contribution >= 0.6 is 0 Å². The summed E-state index contributed by atoms with van der Waals surface area (Å²) in [5.41, 5.74) is 0.657. The summed E-state index contributed by atoms with van der Waals surface area (Å²) in [4.78, 5) is 0. The number of allylic oxidation sites excluding steroid dienone is 1. The van der Waals surface area contributed by atoms with Crippen LogP contribution in [-0.2, 0) is 0 Å². The average Bonchev–Trinajstić information content (AvgIpc) is 1.87. The quantitative estimate of drug-likeness (QED) is 0.467. The van der Waals surface area contributed by atoms with Crippen LogP contribution in [0.2, 0.25) is 0 Å². The van der Waals surface area contributed by atoms with Gasteiger partial charge in [0.1, 0.15) is 0 Å². The molecular weight excluding hydrogens is 128 g/mol. The zero-order valence-electron chi connectivity index (χ0n) is 6.14. The van der Waals surface area contributed by atoms with E-state index < -0.39 is 5.95 Å². The van der Waals surface area contributed by atoms with E-state index in [9.17, 15) is 0 Å². The van der Waals surface area contributed by atoms with Crippen molar-refractivity contribution in [1.82, 2.24) is 0 Å². The van der Waals surface area contributed by atoms with Crippen molar-refractivity contribution in [2.24, 2.45) is 0 Å². The van der Waals surface area contributed by atoms with Crippen LogP contribution in [0.5, 0.6) is 0 Å². The Balaban J connectivity index is 3.86. The van der Waals surface area contributed by atoms with Gasteiger partial charge in [0.15, 0.2) is 0 Å². The Morgan fingerprint density at radius 3 is 1.60 bits per heavy atom. The predicted octanol–water partition coefficient (Wildman–Crippen LogP) is 2.54. The number of hydrogen-bond acceptors (Lipinski definition) is 2. The molecular formula is C8H14O2+2. The van der Waals surface area contributed by atoms with E-state index in [0.717, 1.165) is 0 Å². The van der Waals surface area contributed by atoms with Crippen LogP contribution in [0.1, 0.15) is 25.7 Å². The molecule has 0 atom stereocenters. The van der Waals surface area contributed by atoms with Crippen molar-refractivity contribution in [3.8, 4) is 0 Å². The van der Waals surface area contributed by atoms with Gasteiger partial charge in [-0.2, -0.15) is 0 Å². The lowest BCUT2D eigenvalue weighted by Crippen LogP contribution is -1.90. The van der Waals surface area contributed by atoms with Gasteiger partial charge in [0.25, 0.3) is 5.95 Å². The van der Waals surface area contributed by atoms with Crippen LogP contribution in [-0.4, -0.2) is 10.2 Å².